The monoisotopic (exact) mass is 511 g/mol. The lowest BCUT2D eigenvalue weighted by Crippen LogP contribution is -2.60. The molecule has 9 heteroatoms. The Morgan fingerprint density at radius 2 is 1.70 bits per heavy atom. The van der Waals surface area contributed by atoms with E-state index in [2.05, 4.69) is 15.1 Å². The minimum Gasteiger partial charge on any atom is -0.497 e. The normalized spacial score (nSPS) is 19.1. The van der Waals surface area contributed by atoms with E-state index >= 15 is 0 Å². The summed E-state index contributed by atoms with van der Waals surface area (Å²) in [4.78, 5) is 17.9. The van der Waals surface area contributed by atoms with Gasteiger partial charge in [0.25, 0.3) is 0 Å². The summed E-state index contributed by atoms with van der Waals surface area (Å²) in [5.41, 5.74) is 2.18. The van der Waals surface area contributed by atoms with Gasteiger partial charge >= 0.3 is 6.18 Å². The lowest BCUT2D eigenvalue weighted by Gasteiger charge is -2.49. The molecular weight excluding hydrogens is 483 g/mol. The third-order valence-corrected chi connectivity index (χ3v) is 7.15. The minimum absolute atomic E-state index is 0.215. The number of halogens is 3. The van der Waals surface area contributed by atoms with Crippen LogP contribution in [0.4, 0.5) is 30.2 Å². The SMILES string of the molecule is COc1ccc(N2CCN3c4ccc(C(F)(F)F)cc4C[C@@H](C(=O)Nc4cccc(OC)c4)[C@H]3C2)cc1. The van der Waals surface area contributed by atoms with E-state index < -0.39 is 17.7 Å². The van der Waals surface area contributed by atoms with E-state index in [9.17, 15) is 18.0 Å². The summed E-state index contributed by atoms with van der Waals surface area (Å²) in [5.74, 6) is 0.572. The summed E-state index contributed by atoms with van der Waals surface area (Å²) < 4.78 is 51.0. The van der Waals surface area contributed by atoms with Crippen LogP contribution in [0.25, 0.3) is 0 Å². The number of nitrogens with zero attached hydrogens (tertiary/aromatic N) is 2. The van der Waals surface area contributed by atoms with E-state index in [0.29, 0.717) is 36.6 Å². The van der Waals surface area contributed by atoms with Crippen LogP contribution in [0.2, 0.25) is 0 Å². The molecule has 0 radical (unpaired) electrons. The van der Waals surface area contributed by atoms with Crippen LogP contribution < -0.4 is 24.6 Å². The molecule has 0 spiro atoms. The fraction of sp³-hybridized carbons (Fsp3) is 0.321. The molecule has 0 aromatic heterocycles. The largest absolute Gasteiger partial charge is 0.497 e. The Kier molecular flexibility index (Phi) is 6.62. The van der Waals surface area contributed by atoms with Gasteiger partial charge in [-0.3, -0.25) is 4.79 Å². The van der Waals surface area contributed by atoms with Gasteiger partial charge in [-0.15, -0.1) is 0 Å². The number of carbonyl (C=O) groups excluding carboxylic acids is 1. The van der Waals surface area contributed by atoms with Crippen molar-refractivity contribution in [3.05, 3.63) is 77.9 Å². The highest BCUT2D eigenvalue weighted by Gasteiger charge is 2.43. The van der Waals surface area contributed by atoms with Gasteiger partial charge in [0.15, 0.2) is 0 Å². The van der Waals surface area contributed by atoms with Gasteiger partial charge < -0.3 is 24.6 Å². The first-order valence-electron chi connectivity index (χ1n) is 12.1. The number of fused-ring (bicyclic) bond motifs is 3. The first kappa shape index (κ1) is 24.8. The molecule has 6 nitrogen and oxygen atoms in total. The molecule has 1 fully saturated rings. The predicted molar refractivity (Wildman–Crippen MR) is 137 cm³/mol. The first-order valence-corrected chi connectivity index (χ1v) is 12.1. The second-order valence-electron chi connectivity index (χ2n) is 9.28. The van der Waals surface area contributed by atoms with E-state index in [4.69, 9.17) is 9.47 Å². The van der Waals surface area contributed by atoms with Crippen molar-refractivity contribution in [2.24, 2.45) is 5.92 Å². The number of ether oxygens (including phenoxy) is 2. The minimum atomic E-state index is -4.45. The summed E-state index contributed by atoms with van der Waals surface area (Å²) in [6.07, 6.45) is -4.23. The van der Waals surface area contributed by atoms with E-state index in [1.165, 1.54) is 6.07 Å². The van der Waals surface area contributed by atoms with Gasteiger partial charge in [-0.1, -0.05) is 6.07 Å². The second-order valence-corrected chi connectivity index (χ2v) is 9.28. The average molecular weight is 512 g/mol. The van der Waals surface area contributed by atoms with Crippen LogP contribution in [0.5, 0.6) is 11.5 Å². The molecule has 2 aliphatic rings. The summed E-state index contributed by atoms with van der Waals surface area (Å²) in [6.45, 7) is 1.81. The maximum absolute atomic E-state index is 13.6. The maximum atomic E-state index is 13.6. The zero-order chi connectivity index (χ0) is 26.2. The summed E-state index contributed by atoms with van der Waals surface area (Å²) in [6, 6.07) is 18.4. The number of amides is 1. The Morgan fingerprint density at radius 3 is 2.41 bits per heavy atom. The Hall–Kier alpha value is -3.88. The predicted octanol–water partition coefficient (Wildman–Crippen LogP) is 5.23. The molecule has 0 unspecified atom stereocenters. The van der Waals surface area contributed by atoms with Gasteiger partial charge in [-0.2, -0.15) is 13.2 Å². The van der Waals surface area contributed by atoms with Gasteiger partial charge in [0.05, 0.1) is 31.7 Å². The Morgan fingerprint density at radius 1 is 0.946 bits per heavy atom. The maximum Gasteiger partial charge on any atom is 0.416 e. The molecule has 194 valence electrons. The summed E-state index contributed by atoms with van der Waals surface area (Å²) in [5, 5.41) is 2.96. The topological polar surface area (TPSA) is 54.0 Å². The van der Waals surface area contributed by atoms with Crippen LogP contribution in [0, 0.1) is 5.92 Å². The van der Waals surface area contributed by atoms with Crippen molar-refractivity contribution in [3.8, 4) is 11.5 Å². The van der Waals surface area contributed by atoms with Crippen molar-refractivity contribution in [3.63, 3.8) is 0 Å². The highest BCUT2D eigenvalue weighted by Crippen LogP contribution is 2.40. The quantitative estimate of drug-likeness (QED) is 0.509. The lowest BCUT2D eigenvalue weighted by atomic mass is 9.82. The zero-order valence-corrected chi connectivity index (χ0v) is 20.6. The highest BCUT2D eigenvalue weighted by molar-refractivity contribution is 5.94. The van der Waals surface area contributed by atoms with E-state index in [1.54, 1.807) is 44.6 Å². The number of rotatable bonds is 5. The highest BCUT2D eigenvalue weighted by atomic mass is 19.4. The molecular formula is C28H28F3N3O3. The van der Waals surface area contributed by atoms with Gasteiger partial charge in [0.1, 0.15) is 11.5 Å². The molecule has 2 heterocycles. The van der Waals surface area contributed by atoms with Crippen LogP contribution in [0.15, 0.2) is 66.7 Å². The number of hydrogen-bond donors (Lipinski definition) is 1. The molecule has 0 bridgehead atoms. The molecule has 1 amide bonds. The fourth-order valence-electron chi connectivity index (χ4n) is 5.26. The van der Waals surface area contributed by atoms with E-state index in [1.807, 2.05) is 24.3 Å². The zero-order valence-electron chi connectivity index (χ0n) is 20.6. The molecule has 37 heavy (non-hydrogen) atoms. The van der Waals surface area contributed by atoms with Crippen LogP contribution in [0.3, 0.4) is 0 Å². The number of carbonyl (C=O) groups is 1. The third kappa shape index (κ3) is 5.03. The number of hydrogen-bond acceptors (Lipinski definition) is 5. The molecule has 2 atom stereocenters. The fourth-order valence-corrected chi connectivity index (χ4v) is 5.26. The van der Waals surface area contributed by atoms with Gasteiger partial charge in [-0.25, -0.2) is 0 Å². The number of benzene rings is 3. The van der Waals surface area contributed by atoms with Crippen molar-refractivity contribution < 1.29 is 27.4 Å². The Labute approximate surface area is 213 Å². The van der Waals surface area contributed by atoms with Crippen molar-refractivity contribution in [2.45, 2.75) is 18.6 Å². The average Bonchev–Trinajstić information content (AvgIpc) is 2.91. The van der Waals surface area contributed by atoms with E-state index in [-0.39, 0.29) is 18.4 Å². The Bertz CT molecular complexity index is 1280. The van der Waals surface area contributed by atoms with Gasteiger partial charge in [0, 0.05) is 42.8 Å². The van der Waals surface area contributed by atoms with E-state index in [0.717, 1.165) is 23.2 Å². The van der Waals surface area contributed by atoms with Crippen molar-refractivity contribution in [1.82, 2.24) is 0 Å². The van der Waals surface area contributed by atoms with Crippen LogP contribution in [-0.2, 0) is 17.4 Å². The molecule has 0 aliphatic carbocycles. The van der Waals surface area contributed by atoms with Crippen LogP contribution >= 0.6 is 0 Å². The van der Waals surface area contributed by atoms with Crippen molar-refractivity contribution in [2.75, 3.05) is 49.0 Å². The second kappa shape index (κ2) is 9.88. The molecule has 3 aromatic carbocycles. The number of anilines is 3. The smallest absolute Gasteiger partial charge is 0.416 e. The van der Waals surface area contributed by atoms with Crippen molar-refractivity contribution in [1.29, 1.82) is 0 Å². The molecule has 3 aromatic rings. The number of methoxy groups -OCH3 is 2. The Balaban J connectivity index is 1.47. The van der Waals surface area contributed by atoms with Crippen LogP contribution in [-0.4, -0.2) is 45.8 Å². The first-order chi connectivity index (χ1) is 17.8. The summed E-state index contributed by atoms with van der Waals surface area (Å²) in [7, 11) is 3.16. The molecule has 1 N–H and O–H groups in total. The summed E-state index contributed by atoms with van der Waals surface area (Å²) >= 11 is 0. The molecule has 1 saturated heterocycles. The number of nitrogens with one attached hydrogen (secondary N) is 1. The molecule has 5 rings (SSSR count). The number of alkyl halides is 3. The van der Waals surface area contributed by atoms with Gasteiger partial charge in [-0.05, 0) is 66.6 Å². The third-order valence-electron chi connectivity index (χ3n) is 7.15. The lowest BCUT2D eigenvalue weighted by molar-refractivity contribution is -0.137. The van der Waals surface area contributed by atoms with Crippen molar-refractivity contribution >= 4 is 23.0 Å². The van der Waals surface area contributed by atoms with Crippen LogP contribution in [0.1, 0.15) is 11.1 Å². The standard InChI is InChI=1S/C28H28F3N3O3/c1-36-22-9-7-21(8-10-22)33-12-13-34-25-11-6-19(28(29,30)31)14-18(25)15-24(26(34)17-33)27(35)32-20-4-3-5-23(16-20)37-2/h3-11,14,16,24,26H,12-13,15,17H2,1-2H3,(H,32,35)/t24-,26-/m1/s1. The van der Waals surface area contributed by atoms with Gasteiger partial charge in [0.2, 0.25) is 5.91 Å². The number of piperazine rings is 1. The molecule has 2 aliphatic heterocycles. The molecule has 0 saturated carbocycles.